The minimum atomic E-state index is -1.30. The minimum absolute atomic E-state index is 0.425. The molecule has 0 fully saturated rings. The van der Waals surface area contributed by atoms with Gasteiger partial charge in [0.25, 0.3) is 0 Å². The Morgan fingerprint density at radius 3 is 2.57 bits per heavy atom. The number of benzene rings is 1. The standard InChI is InChI=1S/C13H17N3O5/c1-7-3-4-9(5-10(7)14)16-13(20)21-6-11(12(18)19)15-8(2)17/h3-5,11H,6,14H2,1-2H3,(H,15,17)(H,16,20)(H,18,19)/t11-/m0/s1. The topological polar surface area (TPSA) is 131 Å². The Labute approximate surface area is 121 Å². The second kappa shape index (κ2) is 7.13. The normalized spacial score (nSPS) is 11.3. The average molecular weight is 295 g/mol. The van der Waals surface area contributed by atoms with Gasteiger partial charge >= 0.3 is 12.1 Å². The lowest BCUT2D eigenvalue weighted by Crippen LogP contribution is -2.43. The van der Waals surface area contributed by atoms with Crippen molar-refractivity contribution in [1.82, 2.24) is 5.32 Å². The van der Waals surface area contributed by atoms with Crippen LogP contribution in [0.4, 0.5) is 16.2 Å². The number of nitrogen functional groups attached to an aromatic ring is 1. The van der Waals surface area contributed by atoms with Gasteiger partial charge in [0.1, 0.15) is 6.61 Å². The lowest BCUT2D eigenvalue weighted by Gasteiger charge is -2.14. The second-order valence-corrected chi connectivity index (χ2v) is 4.39. The highest BCUT2D eigenvalue weighted by molar-refractivity contribution is 5.86. The lowest BCUT2D eigenvalue weighted by molar-refractivity contribution is -0.142. The van der Waals surface area contributed by atoms with E-state index in [0.29, 0.717) is 11.4 Å². The summed E-state index contributed by atoms with van der Waals surface area (Å²) in [4.78, 5) is 33.2. The van der Waals surface area contributed by atoms with E-state index < -0.39 is 30.6 Å². The molecule has 0 heterocycles. The van der Waals surface area contributed by atoms with E-state index in [4.69, 9.17) is 15.6 Å². The first-order valence-corrected chi connectivity index (χ1v) is 6.09. The number of carboxylic acids is 1. The highest BCUT2D eigenvalue weighted by Gasteiger charge is 2.20. The molecule has 0 aliphatic rings. The van der Waals surface area contributed by atoms with Crippen LogP contribution in [-0.4, -0.2) is 35.7 Å². The Morgan fingerprint density at radius 1 is 1.38 bits per heavy atom. The summed E-state index contributed by atoms with van der Waals surface area (Å²) >= 11 is 0. The van der Waals surface area contributed by atoms with Crippen molar-refractivity contribution >= 4 is 29.3 Å². The number of carboxylic acid groups (broad SMARTS) is 1. The van der Waals surface area contributed by atoms with E-state index in [0.717, 1.165) is 5.56 Å². The summed E-state index contributed by atoms with van der Waals surface area (Å²) in [6, 6.07) is 3.62. The van der Waals surface area contributed by atoms with Crippen LogP contribution in [0.15, 0.2) is 18.2 Å². The summed E-state index contributed by atoms with van der Waals surface area (Å²) in [6.07, 6.45) is -0.838. The molecule has 0 aliphatic carbocycles. The van der Waals surface area contributed by atoms with Crippen LogP contribution in [0.1, 0.15) is 12.5 Å². The number of hydrogen-bond acceptors (Lipinski definition) is 5. The van der Waals surface area contributed by atoms with Gasteiger partial charge in [-0.1, -0.05) is 6.07 Å². The van der Waals surface area contributed by atoms with E-state index >= 15 is 0 Å². The van der Waals surface area contributed by atoms with Crippen LogP contribution in [0.3, 0.4) is 0 Å². The number of nitrogens with one attached hydrogen (secondary N) is 2. The predicted octanol–water partition coefficient (Wildman–Crippen LogP) is 0.715. The van der Waals surface area contributed by atoms with Crippen molar-refractivity contribution in [2.45, 2.75) is 19.9 Å². The van der Waals surface area contributed by atoms with Crippen LogP contribution < -0.4 is 16.4 Å². The van der Waals surface area contributed by atoms with Crippen molar-refractivity contribution in [2.24, 2.45) is 0 Å². The van der Waals surface area contributed by atoms with E-state index in [1.165, 1.54) is 6.92 Å². The first kappa shape index (κ1) is 16.3. The Kier molecular flexibility index (Phi) is 5.53. The van der Waals surface area contributed by atoms with Gasteiger partial charge in [-0.3, -0.25) is 10.1 Å². The van der Waals surface area contributed by atoms with Gasteiger partial charge in [-0.25, -0.2) is 9.59 Å². The van der Waals surface area contributed by atoms with Gasteiger partial charge in [0.2, 0.25) is 5.91 Å². The number of carbonyl (C=O) groups excluding carboxylic acids is 2. The zero-order chi connectivity index (χ0) is 16.0. The minimum Gasteiger partial charge on any atom is -0.480 e. The van der Waals surface area contributed by atoms with Crippen LogP contribution in [0.2, 0.25) is 0 Å². The van der Waals surface area contributed by atoms with Crippen LogP contribution >= 0.6 is 0 Å². The Morgan fingerprint density at radius 2 is 2.05 bits per heavy atom. The smallest absolute Gasteiger partial charge is 0.411 e. The van der Waals surface area contributed by atoms with Crippen molar-refractivity contribution < 1.29 is 24.2 Å². The fourth-order valence-electron chi connectivity index (χ4n) is 1.45. The van der Waals surface area contributed by atoms with Crippen LogP contribution in [0.5, 0.6) is 0 Å². The number of amides is 2. The van der Waals surface area contributed by atoms with Crippen LogP contribution in [0.25, 0.3) is 0 Å². The summed E-state index contributed by atoms with van der Waals surface area (Å²) in [5.74, 6) is -1.82. The highest BCUT2D eigenvalue weighted by Crippen LogP contribution is 2.16. The van der Waals surface area contributed by atoms with Gasteiger partial charge in [0, 0.05) is 18.3 Å². The molecule has 114 valence electrons. The summed E-state index contributed by atoms with van der Waals surface area (Å²) in [5, 5.41) is 13.4. The van der Waals surface area contributed by atoms with Crippen molar-refractivity contribution in [3.05, 3.63) is 23.8 Å². The molecule has 0 bridgehead atoms. The highest BCUT2D eigenvalue weighted by atomic mass is 16.5. The zero-order valence-corrected chi connectivity index (χ0v) is 11.7. The molecule has 5 N–H and O–H groups in total. The molecule has 2 amide bonds. The quantitative estimate of drug-likeness (QED) is 0.592. The summed E-state index contributed by atoms with van der Waals surface area (Å²) in [7, 11) is 0. The second-order valence-electron chi connectivity index (χ2n) is 4.39. The van der Waals surface area contributed by atoms with Crippen molar-refractivity contribution in [2.75, 3.05) is 17.7 Å². The fourth-order valence-corrected chi connectivity index (χ4v) is 1.45. The summed E-state index contributed by atoms with van der Waals surface area (Å²) in [5.41, 5.74) is 7.50. The van der Waals surface area contributed by atoms with E-state index in [-0.39, 0.29) is 0 Å². The van der Waals surface area contributed by atoms with E-state index in [1.807, 2.05) is 6.92 Å². The third-order valence-electron chi connectivity index (χ3n) is 2.58. The van der Waals surface area contributed by atoms with Crippen molar-refractivity contribution in [3.8, 4) is 0 Å². The maximum absolute atomic E-state index is 11.5. The number of ether oxygens (including phenoxy) is 1. The van der Waals surface area contributed by atoms with E-state index in [2.05, 4.69) is 10.6 Å². The third-order valence-corrected chi connectivity index (χ3v) is 2.58. The van der Waals surface area contributed by atoms with Crippen molar-refractivity contribution in [1.29, 1.82) is 0 Å². The van der Waals surface area contributed by atoms with Gasteiger partial charge in [-0.15, -0.1) is 0 Å². The molecule has 1 aromatic rings. The third kappa shape index (κ3) is 5.39. The first-order valence-electron chi connectivity index (χ1n) is 6.09. The molecule has 8 heteroatoms. The first-order chi connectivity index (χ1) is 9.79. The molecule has 8 nitrogen and oxygen atoms in total. The number of carbonyl (C=O) groups is 3. The number of hydrogen-bond donors (Lipinski definition) is 4. The maximum Gasteiger partial charge on any atom is 0.411 e. The number of anilines is 2. The molecule has 0 saturated carbocycles. The number of nitrogens with two attached hydrogens (primary N) is 1. The van der Waals surface area contributed by atoms with Gasteiger partial charge in [0.05, 0.1) is 0 Å². The van der Waals surface area contributed by atoms with Gasteiger partial charge in [0.15, 0.2) is 6.04 Å². The average Bonchev–Trinajstić information content (AvgIpc) is 2.38. The Hall–Kier alpha value is -2.77. The summed E-state index contributed by atoms with van der Waals surface area (Å²) < 4.78 is 4.75. The molecule has 1 rings (SSSR count). The van der Waals surface area contributed by atoms with Crippen LogP contribution in [0, 0.1) is 6.92 Å². The van der Waals surface area contributed by atoms with E-state index in [1.54, 1.807) is 18.2 Å². The number of rotatable bonds is 5. The molecule has 0 radical (unpaired) electrons. The molecule has 0 saturated heterocycles. The van der Waals surface area contributed by atoms with Crippen molar-refractivity contribution in [3.63, 3.8) is 0 Å². The molecule has 0 aromatic heterocycles. The fraction of sp³-hybridized carbons (Fsp3) is 0.308. The molecule has 0 aliphatic heterocycles. The summed E-state index contributed by atoms with van der Waals surface area (Å²) in [6.45, 7) is 2.51. The van der Waals surface area contributed by atoms with Gasteiger partial charge in [-0.05, 0) is 24.6 Å². The number of aryl methyl sites for hydroxylation is 1. The van der Waals surface area contributed by atoms with Gasteiger partial charge in [-0.2, -0.15) is 0 Å². The maximum atomic E-state index is 11.5. The Bertz CT molecular complexity index is 559. The largest absolute Gasteiger partial charge is 0.480 e. The molecule has 1 atom stereocenters. The molecule has 1 aromatic carbocycles. The molecule has 21 heavy (non-hydrogen) atoms. The Balaban J connectivity index is 2.54. The number of aliphatic carboxylic acids is 1. The monoisotopic (exact) mass is 295 g/mol. The molecular weight excluding hydrogens is 278 g/mol. The SMILES string of the molecule is CC(=O)N[C@@H](COC(=O)Nc1ccc(C)c(N)c1)C(=O)O. The predicted molar refractivity (Wildman–Crippen MR) is 75.8 cm³/mol. The van der Waals surface area contributed by atoms with Gasteiger partial charge < -0.3 is 20.9 Å². The van der Waals surface area contributed by atoms with E-state index in [9.17, 15) is 14.4 Å². The lowest BCUT2D eigenvalue weighted by atomic mass is 10.2. The molecular formula is C13H17N3O5. The zero-order valence-electron chi connectivity index (χ0n) is 11.7. The molecule has 0 spiro atoms. The van der Waals surface area contributed by atoms with Crippen LogP contribution in [-0.2, 0) is 14.3 Å². The molecule has 0 unspecified atom stereocenters.